The van der Waals surface area contributed by atoms with Gasteiger partial charge in [0.05, 0.1) is 5.56 Å². The molecule has 0 saturated heterocycles. The Morgan fingerprint density at radius 2 is 1.31 bits per heavy atom. The Hall–Kier alpha value is -1.13. The molecule has 0 aromatic heterocycles. The molecule has 0 fully saturated rings. The van der Waals surface area contributed by atoms with Gasteiger partial charge in [0.15, 0.2) is 23.3 Å². The topological polar surface area (TPSA) is 0 Å². The first kappa shape index (κ1) is 12.9. The summed E-state index contributed by atoms with van der Waals surface area (Å²) >= 11 is 2.78. The van der Waals surface area contributed by atoms with E-state index in [0.717, 1.165) is 4.99 Å². The Bertz CT molecular complexity index is 471. The highest BCUT2D eigenvalue weighted by Crippen LogP contribution is 2.27. The Kier molecular flexibility index (Phi) is 3.88. The zero-order valence-electron chi connectivity index (χ0n) is 7.85. The fourth-order valence-electron chi connectivity index (χ4n) is 1.09. The van der Waals surface area contributed by atoms with Gasteiger partial charge in [-0.1, -0.05) is 15.9 Å². The van der Waals surface area contributed by atoms with Gasteiger partial charge in [0.2, 0.25) is 5.82 Å². The molecular formula is C10H4BrF5. The number of halogens is 6. The lowest BCUT2D eigenvalue weighted by Gasteiger charge is -2.06. The van der Waals surface area contributed by atoms with E-state index >= 15 is 0 Å². The second kappa shape index (κ2) is 4.80. The highest BCUT2D eigenvalue weighted by atomic mass is 79.9. The average molecular weight is 299 g/mol. The van der Waals surface area contributed by atoms with Crippen LogP contribution < -0.4 is 0 Å². The van der Waals surface area contributed by atoms with E-state index in [1.165, 1.54) is 6.92 Å². The second-order valence-corrected chi connectivity index (χ2v) is 3.28. The van der Waals surface area contributed by atoms with E-state index in [1.54, 1.807) is 0 Å². The van der Waals surface area contributed by atoms with Crippen LogP contribution in [-0.2, 0) is 0 Å². The van der Waals surface area contributed by atoms with Crippen LogP contribution in [0.25, 0.3) is 5.57 Å². The van der Waals surface area contributed by atoms with Crippen LogP contribution in [0.15, 0.2) is 10.7 Å². The third-order valence-electron chi connectivity index (χ3n) is 1.86. The number of hydrogen-bond acceptors (Lipinski definition) is 0. The first-order chi connectivity index (χ1) is 7.41. The molecule has 0 heterocycles. The van der Waals surface area contributed by atoms with Crippen molar-refractivity contribution in [3.05, 3.63) is 45.4 Å². The normalized spacial score (nSPS) is 9.94. The van der Waals surface area contributed by atoms with Gasteiger partial charge in [-0.05, 0) is 6.92 Å². The first-order valence-corrected chi connectivity index (χ1v) is 4.87. The summed E-state index contributed by atoms with van der Waals surface area (Å²) in [5.74, 6) is -9.84. The first-order valence-electron chi connectivity index (χ1n) is 3.95. The third-order valence-corrected chi connectivity index (χ3v) is 2.08. The van der Waals surface area contributed by atoms with Crippen LogP contribution in [0.2, 0.25) is 0 Å². The highest BCUT2D eigenvalue weighted by Gasteiger charge is 2.26. The minimum Gasteiger partial charge on any atom is -0.203 e. The van der Waals surface area contributed by atoms with Crippen LogP contribution in [0.5, 0.6) is 0 Å². The molecule has 6 heteroatoms. The van der Waals surface area contributed by atoms with E-state index in [9.17, 15) is 22.0 Å². The molecule has 0 unspecified atom stereocenters. The Morgan fingerprint density at radius 1 is 0.938 bits per heavy atom. The lowest BCUT2D eigenvalue weighted by molar-refractivity contribution is 0.376. The molecule has 0 aliphatic carbocycles. The van der Waals surface area contributed by atoms with Crippen LogP contribution >= 0.6 is 15.9 Å². The molecule has 0 bridgehead atoms. The van der Waals surface area contributed by atoms with Crippen molar-refractivity contribution in [3.8, 4) is 0 Å². The monoisotopic (exact) mass is 298 g/mol. The molecule has 0 amide bonds. The summed E-state index contributed by atoms with van der Waals surface area (Å²) in [5, 5.41) is 0. The zero-order valence-corrected chi connectivity index (χ0v) is 9.43. The van der Waals surface area contributed by atoms with E-state index in [2.05, 4.69) is 21.7 Å². The summed E-state index contributed by atoms with van der Waals surface area (Å²) in [4.78, 5) is 1.13. The van der Waals surface area contributed by atoms with Crippen molar-refractivity contribution in [1.82, 2.24) is 0 Å². The summed E-state index contributed by atoms with van der Waals surface area (Å²) in [6.45, 7) is 1.18. The van der Waals surface area contributed by atoms with Crippen molar-refractivity contribution in [1.29, 1.82) is 0 Å². The Labute approximate surface area is 96.2 Å². The van der Waals surface area contributed by atoms with Gasteiger partial charge in [-0.2, -0.15) is 0 Å². The van der Waals surface area contributed by atoms with Gasteiger partial charge >= 0.3 is 0 Å². The summed E-state index contributed by atoms with van der Waals surface area (Å²) < 4.78 is 64.6. The molecule has 16 heavy (non-hydrogen) atoms. The van der Waals surface area contributed by atoms with Gasteiger partial charge in [-0.25, -0.2) is 22.0 Å². The maximum atomic E-state index is 13.2. The highest BCUT2D eigenvalue weighted by molar-refractivity contribution is 9.11. The molecule has 0 aliphatic rings. The van der Waals surface area contributed by atoms with Gasteiger partial charge in [-0.15, -0.1) is 5.73 Å². The molecule has 0 saturated carbocycles. The minimum atomic E-state index is -2.17. The molecule has 1 aromatic rings. The molecule has 0 radical (unpaired) electrons. The van der Waals surface area contributed by atoms with Crippen molar-refractivity contribution < 1.29 is 22.0 Å². The summed E-state index contributed by atoms with van der Waals surface area (Å²) in [5.41, 5.74) is 1.11. The van der Waals surface area contributed by atoms with Gasteiger partial charge in [0.25, 0.3) is 0 Å². The van der Waals surface area contributed by atoms with Crippen molar-refractivity contribution in [2.24, 2.45) is 0 Å². The zero-order chi connectivity index (χ0) is 12.5. The molecule has 0 nitrogen and oxygen atoms in total. The largest absolute Gasteiger partial charge is 0.203 e. The smallest absolute Gasteiger partial charge is 0.200 e. The van der Waals surface area contributed by atoms with E-state index in [1.807, 2.05) is 0 Å². The molecule has 86 valence electrons. The van der Waals surface area contributed by atoms with Gasteiger partial charge in [0, 0.05) is 10.6 Å². The van der Waals surface area contributed by atoms with Crippen molar-refractivity contribution in [3.63, 3.8) is 0 Å². The number of rotatable bonds is 1. The number of allylic oxidation sites excluding steroid dienone is 1. The van der Waals surface area contributed by atoms with Crippen molar-refractivity contribution >= 4 is 21.5 Å². The standard InChI is InChI=1S/C10H4BrF5/c1-4(2-3-11)5-6(12)8(14)10(16)9(15)7(5)13/h3H,1H3. The van der Waals surface area contributed by atoms with Crippen LogP contribution in [0, 0.1) is 29.1 Å². The molecule has 0 atom stereocenters. The van der Waals surface area contributed by atoms with Crippen LogP contribution in [-0.4, -0.2) is 0 Å². The second-order valence-electron chi connectivity index (χ2n) is 2.82. The van der Waals surface area contributed by atoms with Gasteiger partial charge < -0.3 is 0 Å². The number of benzene rings is 1. The molecule has 1 rings (SSSR count). The van der Waals surface area contributed by atoms with Crippen LogP contribution in [0.4, 0.5) is 22.0 Å². The SMILES string of the molecule is CC(=C=CBr)c1c(F)c(F)c(F)c(F)c1F. The van der Waals surface area contributed by atoms with Crippen LogP contribution in [0.1, 0.15) is 12.5 Å². The van der Waals surface area contributed by atoms with Crippen molar-refractivity contribution in [2.45, 2.75) is 6.92 Å². The van der Waals surface area contributed by atoms with E-state index in [4.69, 9.17) is 0 Å². The Morgan fingerprint density at radius 3 is 1.69 bits per heavy atom. The Balaban J connectivity index is 3.71. The summed E-state index contributed by atoms with van der Waals surface area (Å²) in [6.07, 6.45) is 0. The lowest BCUT2D eigenvalue weighted by Crippen LogP contribution is -2.05. The maximum Gasteiger partial charge on any atom is 0.200 e. The molecule has 1 aromatic carbocycles. The predicted molar refractivity (Wildman–Crippen MR) is 52.3 cm³/mol. The minimum absolute atomic E-state index is 0.204. The van der Waals surface area contributed by atoms with E-state index < -0.39 is 34.6 Å². The maximum absolute atomic E-state index is 13.2. The molecular weight excluding hydrogens is 295 g/mol. The summed E-state index contributed by atoms with van der Waals surface area (Å²) in [7, 11) is 0. The van der Waals surface area contributed by atoms with Gasteiger partial charge in [0.1, 0.15) is 0 Å². The lowest BCUT2D eigenvalue weighted by atomic mass is 10.1. The molecule has 0 spiro atoms. The third kappa shape index (κ3) is 2.03. The van der Waals surface area contributed by atoms with Crippen molar-refractivity contribution in [2.75, 3.05) is 0 Å². The van der Waals surface area contributed by atoms with Crippen LogP contribution in [0.3, 0.4) is 0 Å². The average Bonchev–Trinajstić information content (AvgIpc) is 2.24. The summed E-state index contributed by atoms with van der Waals surface area (Å²) in [6, 6.07) is 0. The fourth-order valence-corrected chi connectivity index (χ4v) is 1.43. The quantitative estimate of drug-likeness (QED) is 0.314. The molecule has 0 N–H and O–H groups in total. The van der Waals surface area contributed by atoms with E-state index in [0.29, 0.717) is 0 Å². The fraction of sp³-hybridized carbons (Fsp3) is 0.100. The number of hydrogen-bond donors (Lipinski definition) is 0. The van der Waals surface area contributed by atoms with Gasteiger partial charge in [-0.3, -0.25) is 0 Å². The predicted octanol–water partition coefficient (Wildman–Crippen LogP) is 4.29. The van der Waals surface area contributed by atoms with E-state index in [-0.39, 0.29) is 5.57 Å². The molecule has 0 aliphatic heterocycles.